The number of hydrogen-bond acceptors (Lipinski definition) is 2. The van der Waals surface area contributed by atoms with Crippen LogP contribution in [-0.4, -0.2) is 14.2 Å². The number of halogens is 1. The summed E-state index contributed by atoms with van der Waals surface area (Å²) in [5, 5.41) is 0. The zero-order valence-electron chi connectivity index (χ0n) is 9.29. The second-order valence-corrected chi connectivity index (χ2v) is 5.20. The topological polar surface area (TPSA) is 18.5 Å². The van der Waals surface area contributed by atoms with E-state index in [1.807, 2.05) is 0 Å². The summed E-state index contributed by atoms with van der Waals surface area (Å²) >= 11 is 3.64. The average molecular weight is 281 g/mol. The van der Waals surface area contributed by atoms with Gasteiger partial charge in [0.2, 0.25) is 0 Å². The number of fused-ring (bicyclic) bond motifs is 5. The van der Waals surface area contributed by atoms with Crippen molar-refractivity contribution in [2.24, 2.45) is 0 Å². The molecule has 1 aromatic carbocycles. The molecule has 84 valence electrons. The molecule has 3 heteroatoms. The molecule has 2 aliphatic rings. The molecular formula is C13H13BrO2. The monoisotopic (exact) mass is 280 g/mol. The fourth-order valence-electron chi connectivity index (χ4n) is 2.77. The fourth-order valence-corrected chi connectivity index (χ4v) is 3.52. The maximum atomic E-state index is 5.34. The van der Waals surface area contributed by atoms with Crippen molar-refractivity contribution in [1.29, 1.82) is 0 Å². The highest BCUT2D eigenvalue weighted by atomic mass is 79.9. The standard InChI is InChI=1S/C13H13BrO2/c1-15-12-5-8-7-3-10(11(14)4-7)9(8)6-13(12)16-2/h4-7,10H,3H2,1-2H3/t7-,10-/m1/s1. The van der Waals surface area contributed by atoms with Crippen LogP contribution in [0, 0.1) is 0 Å². The summed E-state index contributed by atoms with van der Waals surface area (Å²) in [6.07, 6.45) is 3.49. The minimum atomic E-state index is 0.528. The zero-order valence-corrected chi connectivity index (χ0v) is 10.9. The smallest absolute Gasteiger partial charge is 0.161 e. The molecular weight excluding hydrogens is 268 g/mol. The van der Waals surface area contributed by atoms with Crippen LogP contribution in [0.3, 0.4) is 0 Å². The summed E-state index contributed by atoms with van der Waals surface area (Å²) in [5.41, 5.74) is 2.78. The van der Waals surface area contributed by atoms with E-state index >= 15 is 0 Å². The lowest BCUT2D eigenvalue weighted by Crippen LogP contribution is -1.99. The van der Waals surface area contributed by atoms with Crippen LogP contribution in [0.1, 0.15) is 29.4 Å². The second-order valence-electron chi connectivity index (χ2n) is 4.28. The fraction of sp³-hybridized carbons (Fsp3) is 0.385. The highest BCUT2D eigenvalue weighted by Gasteiger charge is 2.38. The quantitative estimate of drug-likeness (QED) is 0.825. The molecule has 0 unspecified atom stereocenters. The number of rotatable bonds is 2. The summed E-state index contributed by atoms with van der Waals surface area (Å²) < 4.78 is 12.0. The minimum Gasteiger partial charge on any atom is -0.493 e. The van der Waals surface area contributed by atoms with Crippen molar-refractivity contribution in [3.63, 3.8) is 0 Å². The van der Waals surface area contributed by atoms with E-state index in [2.05, 4.69) is 34.1 Å². The van der Waals surface area contributed by atoms with Crippen LogP contribution in [0.4, 0.5) is 0 Å². The van der Waals surface area contributed by atoms with Gasteiger partial charge < -0.3 is 9.47 Å². The molecule has 0 spiro atoms. The Morgan fingerprint density at radius 1 is 1.12 bits per heavy atom. The lowest BCUT2D eigenvalue weighted by atomic mass is 9.96. The Balaban J connectivity index is 2.14. The van der Waals surface area contributed by atoms with Crippen LogP contribution >= 0.6 is 15.9 Å². The molecule has 3 rings (SSSR count). The molecule has 2 bridgehead atoms. The largest absolute Gasteiger partial charge is 0.493 e. The Labute approximate surface area is 103 Å². The first-order chi connectivity index (χ1) is 7.74. The van der Waals surface area contributed by atoms with Gasteiger partial charge in [-0.25, -0.2) is 0 Å². The predicted octanol–water partition coefficient (Wildman–Crippen LogP) is 3.57. The highest BCUT2D eigenvalue weighted by molar-refractivity contribution is 9.11. The molecule has 0 amide bonds. The van der Waals surface area contributed by atoms with Crippen molar-refractivity contribution in [3.05, 3.63) is 33.8 Å². The molecule has 0 aliphatic heterocycles. The maximum Gasteiger partial charge on any atom is 0.161 e. The van der Waals surface area contributed by atoms with Crippen LogP contribution in [0.5, 0.6) is 11.5 Å². The van der Waals surface area contributed by atoms with E-state index in [1.54, 1.807) is 14.2 Å². The van der Waals surface area contributed by atoms with E-state index < -0.39 is 0 Å². The van der Waals surface area contributed by atoms with Gasteiger partial charge in [0.25, 0.3) is 0 Å². The Morgan fingerprint density at radius 2 is 1.75 bits per heavy atom. The van der Waals surface area contributed by atoms with Crippen molar-refractivity contribution in [3.8, 4) is 11.5 Å². The lowest BCUT2D eigenvalue weighted by molar-refractivity contribution is 0.354. The summed E-state index contributed by atoms with van der Waals surface area (Å²) in [7, 11) is 3.37. The van der Waals surface area contributed by atoms with E-state index in [9.17, 15) is 0 Å². The van der Waals surface area contributed by atoms with E-state index in [0.717, 1.165) is 11.5 Å². The van der Waals surface area contributed by atoms with Gasteiger partial charge in [0, 0.05) is 11.8 Å². The van der Waals surface area contributed by atoms with Gasteiger partial charge in [-0.15, -0.1) is 0 Å². The second kappa shape index (κ2) is 3.52. The molecule has 0 radical (unpaired) electrons. The average Bonchev–Trinajstić information content (AvgIpc) is 2.84. The van der Waals surface area contributed by atoms with Crippen LogP contribution < -0.4 is 9.47 Å². The van der Waals surface area contributed by atoms with Gasteiger partial charge in [-0.1, -0.05) is 22.0 Å². The lowest BCUT2D eigenvalue weighted by Gasteiger charge is -2.16. The van der Waals surface area contributed by atoms with E-state index in [0.29, 0.717) is 11.8 Å². The molecule has 0 saturated carbocycles. The van der Waals surface area contributed by atoms with Crippen molar-refractivity contribution >= 4 is 15.9 Å². The van der Waals surface area contributed by atoms with Crippen LogP contribution in [0.2, 0.25) is 0 Å². The first-order valence-corrected chi connectivity index (χ1v) is 6.17. The molecule has 0 aromatic heterocycles. The minimum absolute atomic E-state index is 0.528. The molecule has 0 N–H and O–H groups in total. The number of ether oxygens (including phenoxy) is 2. The summed E-state index contributed by atoms with van der Waals surface area (Å²) in [5.74, 6) is 2.74. The maximum absolute atomic E-state index is 5.34. The third kappa shape index (κ3) is 1.24. The Hall–Kier alpha value is -0.960. The first-order valence-electron chi connectivity index (χ1n) is 5.37. The Morgan fingerprint density at radius 3 is 2.38 bits per heavy atom. The predicted molar refractivity (Wildman–Crippen MR) is 66.7 cm³/mol. The molecule has 16 heavy (non-hydrogen) atoms. The molecule has 0 saturated heterocycles. The summed E-state index contributed by atoms with van der Waals surface area (Å²) in [4.78, 5) is 0. The van der Waals surface area contributed by atoms with Gasteiger partial charge in [-0.05, 0) is 34.2 Å². The third-order valence-electron chi connectivity index (χ3n) is 3.55. The molecule has 2 aliphatic carbocycles. The molecule has 0 fully saturated rings. The Bertz CT molecular complexity index is 479. The van der Waals surface area contributed by atoms with Crippen molar-refractivity contribution in [1.82, 2.24) is 0 Å². The highest BCUT2D eigenvalue weighted by Crippen LogP contribution is 2.56. The molecule has 0 heterocycles. The molecule has 2 nitrogen and oxygen atoms in total. The molecule has 1 aromatic rings. The summed E-state index contributed by atoms with van der Waals surface area (Å²) in [6, 6.07) is 4.24. The number of methoxy groups -OCH3 is 2. The third-order valence-corrected chi connectivity index (χ3v) is 4.36. The Kier molecular flexibility index (Phi) is 2.25. The van der Waals surface area contributed by atoms with Crippen molar-refractivity contribution < 1.29 is 9.47 Å². The SMILES string of the molecule is COc1cc2c(cc1OC)[C@H]1C[C@@H]2C=C1Br. The normalized spacial score (nSPS) is 25.3. The van der Waals surface area contributed by atoms with Gasteiger partial charge in [0.05, 0.1) is 14.2 Å². The first kappa shape index (κ1) is 10.2. The summed E-state index contributed by atoms with van der Waals surface area (Å²) in [6.45, 7) is 0. The van der Waals surface area contributed by atoms with Gasteiger partial charge in [-0.3, -0.25) is 0 Å². The number of hydrogen-bond donors (Lipinski definition) is 0. The van der Waals surface area contributed by atoms with E-state index in [4.69, 9.17) is 9.47 Å². The molecule has 2 atom stereocenters. The zero-order chi connectivity index (χ0) is 11.3. The number of allylic oxidation sites excluding steroid dienone is 2. The van der Waals surface area contributed by atoms with Gasteiger partial charge in [0.15, 0.2) is 11.5 Å². The van der Waals surface area contributed by atoms with Crippen molar-refractivity contribution in [2.45, 2.75) is 18.3 Å². The van der Waals surface area contributed by atoms with Gasteiger partial charge in [0.1, 0.15) is 0 Å². The van der Waals surface area contributed by atoms with Crippen molar-refractivity contribution in [2.75, 3.05) is 14.2 Å². The van der Waals surface area contributed by atoms with Gasteiger partial charge in [-0.2, -0.15) is 0 Å². The van der Waals surface area contributed by atoms with E-state index in [-0.39, 0.29) is 0 Å². The van der Waals surface area contributed by atoms with E-state index in [1.165, 1.54) is 22.0 Å². The van der Waals surface area contributed by atoms with Gasteiger partial charge >= 0.3 is 0 Å². The van der Waals surface area contributed by atoms with Crippen LogP contribution in [0.25, 0.3) is 0 Å². The van der Waals surface area contributed by atoms with Crippen LogP contribution in [0.15, 0.2) is 22.7 Å². The van der Waals surface area contributed by atoms with Crippen LogP contribution in [-0.2, 0) is 0 Å². The number of benzene rings is 1.